The van der Waals surface area contributed by atoms with Crippen LogP contribution in [0.2, 0.25) is 0 Å². The van der Waals surface area contributed by atoms with Gasteiger partial charge >= 0.3 is 5.97 Å². The van der Waals surface area contributed by atoms with Gasteiger partial charge in [-0.25, -0.2) is 0 Å². The molecule has 17 heavy (non-hydrogen) atoms. The van der Waals surface area contributed by atoms with Crippen LogP contribution in [0.5, 0.6) is 0 Å². The molecule has 0 aliphatic carbocycles. The number of esters is 1. The summed E-state index contributed by atoms with van der Waals surface area (Å²) in [6, 6.07) is 1.79. The highest BCUT2D eigenvalue weighted by Gasteiger charge is 2.12. The highest BCUT2D eigenvalue weighted by molar-refractivity contribution is 7.16. The first kappa shape index (κ1) is 13.5. The number of hydrogen-bond donors (Lipinski definition) is 2. The van der Waals surface area contributed by atoms with Gasteiger partial charge in [-0.05, 0) is 12.5 Å². The molecule has 3 N–H and O–H groups in total. The van der Waals surface area contributed by atoms with E-state index in [1.165, 1.54) is 18.4 Å². The molecule has 1 rings (SSSR count). The molecule has 0 aliphatic heterocycles. The number of primary amides is 1. The number of nitrogens with one attached hydrogen (secondary N) is 1. The summed E-state index contributed by atoms with van der Waals surface area (Å²) in [5, 5.41) is 3.75. The Morgan fingerprint density at radius 1 is 1.53 bits per heavy atom. The van der Waals surface area contributed by atoms with Crippen molar-refractivity contribution < 1.29 is 14.3 Å². The molecule has 94 valence electrons. The molecular formula is C11H16N2O3S. The van der Waals surface area contributed by atoms with Crippen molar-refractivity contribution in [2.75, 3.05) is 19.0 Å². The van der Waals surface area contributed by atoms with Crippen LogP contribution >= 0.6 is 11.3 Å². The minimum atomic E-state index is -0.457. The van der Waals surface area contributed by atoms with E-state index in [4.69, 9.17) is 5.73 Å². The van der Waals surface area contributed by atoms with E-state index in [9.17, 15) is 9.59 Å². The normalized spacial score (nSPS) is 10.0. The van der Waals surface area contributed by atoms with E-state index in [0.717, 1.165) is 16.3 Å². The summed E-state index contributed by atoms with van der Waals surface area (Å²) >= 11 is 1.48. The standard InChI is InChI=1S/C11H16N2O3S/c1-3-7-6-8(10(12)15)11(17-7)13-5-4-9(14)16-2/h6,13H,3-5H2,1-2H3,(H2,12,15). The van der Waals surface area contributed by atoms with Gasteiger partial charge in [0.05, 0.1) is 19.1 Å². The van der Waals surface area contributed by atoms with Gasteiger partial charge in [0.15, 0.2) is 0 Å². The highest BCUT2D eigenvalue weighted by Crippen LogP contribution is 2.28. The average molecular weight is 256 g/mol. The first-order valence-electron chi connectivity index (χ1n) is 5.31. The number of hydrogen-bond acceptors (Lipinski definition) is 5. The van der Waals surface area contributed by atoms with Crippen molar-refractivity contribution in [3.8, 4) is 0 Å². The Bertz CT molecular complexity index is 415. The lowest BCUT2D eigenvalue weighted by Gasteiger charge is -2.04. The van der Waals surface area contributed by atoms with Crippen LogP contribution in [0.15, 0.2) is 6.07 Å². The van der Waals surface area contributed by atoms with Crippen molar-refractivity contribution in [3.63, 3.8) is 0 Å². The Kier molecular flexibility index (Phi) is 4.96. The summed E-state index contributed by atoms with van der Waals surface area (Å²) in [5.74, 6) is -0.744. The Balaban J connectivity index is 2.66. The summed E-state index contributed by atoms with van der Waals surface area (Å²) in [6.45, 7) is 2.44. The minimum absolute atomic E-state index is 0.258. The molecule has 0 saturated heterocycles. The first-order chi connectivity index (χ1) is 8.08. The third-order valence-corrected chi connectivity index (χ3v) is 3.48. The number of methoxy groups -OCH3 is 1. The van der Waals surface area contributed by atoms with Crippen LogP contribution in [0.25, 0.3) is 0 Å². The maximum absolute atomic E-state index is 11.2. The fraction of sp³-hybridized carbons (Fsp3) is 0.455. The van der Waals surface area contributed by atoms with Crippen LogP contribution in [0, 0.1) is 0 Å². The molecular weight excluding hydrogens is 240 g/mol. The number of amides is 1. The van der Waals surface area contributed by atoms with Crippen molar-refractivity contribution in [2.45, 2.75) is 19.8 Å². The van der Waals surface area contributed by atoms with E-state index < -0.39 is 5.91 Å². The predicted molar refractivity (Wildman–Crippen MR) is 67.3 cm³/mol. The molecule has 1 aromatic rings. The van der Waals surface area contributed by atoms with Gasteiger partial charge in [0.25, 0.3) is 5.91 Å². The molecule has 1 aromatic heterocycles. The van der Waals surface area contributed by atoms with Crippen molar-refractivity contribution in [3.05, 3.63) is 16.5 Å². The first-order valence-corrected chi connectivity index (χ1v) is 6.13. The smallest absolute Gasteiger partial charge is 0.307 e. The number of ether oxygens (including phenoxy) is 1. The van der Waals surface area contributed by atoms with Gasteiger partial charge in [-0.15, -0.1) is 11.3 Å². The highest BCUT2D eigenvalue weighted by atomic mass is 32.1. The van der Waals surface area contributed by atoms with Gasteiger partial charge in [0.2, 0.25) is 0 Å². The van der Waals surface area contributed by atoms with Crippen LogP contribution < -0.4 is 11.1 Å². The van der Waals surface area contributed by atoms with E-state index in [2.05, 4.69) is 10.1 Å². The van der Waals surface area contributed by atoms with Gasteiger partial charge in [-0.2, -0.15) is 0 Å². The number of anilines is 1. The largest absolute Gasteiger partial charge is 0.469 e. The number of nitrogens with two attached hydrogens (primary N) is 1. The van der Waals surface area contributed by atoms with Gasteiger partial charge in [0.1, 0.15) is 5.00 Å². The molecule has 0 radical (unpaired) electrons. The lowest BCUT2D eigenvalue weighted by molar-refractivity contribution is -0.140. The minimum Gasteiger partial charge on any atom is -0.469 e. The van der Waals surface area contributed by atoms with Gasteiger partial charge in [-0.1, -0.05) is 6.92 Å². The van der Waals surface area contributed by atoms with Crippen molar-refractivity contribution in [1.82, 2.24) is 0 Å². The van der Waals surface area contributed by atoms with Crippen molar-refractivity contribution >= 4 is 28.2 Å². The predicted octanol–water partition coefficient (Wildman–Crippen LogP) is 1.38. The van der Waals surface area contributed by atoms with Crippen molar-refractivity contribution in [2.24, 2.45) is 5.73 Å². The lowest BCUT2D eigenvalue weighted by Crippen LogP contribution is -2.14. The maximum atomic E-state index is 11.2. The molecule has 0 aliphatic rings. The zero-order chi connectivity index (χ0) is 12.8. The van der Waals surface area contributed by atoms with E-state index >= 15 is 0 Å². The molecule has 5 nitrogen and oxygen atoms in total. The number of aryl methyl sites for hydroxylation is 1. The maximum Gasteiger partial charge on any atom is 0.307 e. The zero-order valence-electron chi connectivity index (χ0n) is 9.91. The molecule has 0 spiro atoms. The molecule has 0 aromatic carbocycles. The van der Waals surface area contributed by atoms with Crippen LogP contribution in [0.3, 0.4) is 0 Å². The monoisotopic (exact) mass is 256 g/mol. The Morgan fingerprint density at radius 2 is 2.24 bits per heavy atom. The topological polar surface area (TPSA) is 81.4 Å². The Morgan fingerprint density at radius 3 is 2.76 bits per heavy atom. The molecule has 0 saturated carbocycles. The second kappa shape index (κ2) is 6.24. The van der Waals surface area contributed by atoms with Crippen LogP contribution in [0.4, 0.5) is 5.00 Å². The number of rotatable bonds is 6. The quantitative estimate of drug-likeness (QED) is 0.753. The van der Waals surface area contributed by atoms with Crippen molar-refractivity contribution in [1.29, 1.82) is 0 Å². The fourth-order valence-corrected chi connectivity index (χ4v) is 2.34. The lowest BCUT2D eigenvalue weighted by atomic mass is 10.2. The number of carbonyl (C=O) groups excluding carboxylic acids is 2. The fourth-order valence-electron chi connectivity index (χ4n) is 1.31. The second-order valence-electron chi connectivity index (χ2n) is 3.43. The number of carbonyl (C=O) groups is 2. The molecule has 0 unspecified atom stereocenters. The summed E-state index contributed by atoms with van der Waals surface area (Å²) in [7, 11) is 1.34. The van der Waals surface area contributed by atoms with Gasteiger partial charge in [0, 0.05) is 11.4 Å². The van der Waals surface area contributed by atoms with E-state index in [1.54, 1.807) is 6.07 Å². The average Bonchev–Trinajstić information content (AvgIpc) is 2.72. The van der Waals surface area contributed by atoms with E-state index in [-0.39, 0.29) is 12.4 Å². The van der Waals surface area contributed by atoms with Gasteiger partial charge < -0.3 is 15.8 Å². The second-order valence-corrected chi connectivity index (χ2v) is 4.56. The summed E-state index contributed by atoms with van der Waals surface area (Å²) in [6.07, 6.45) is 1.11. The van der Waals surface area contributed by atoms with Crippen LogP contribution in [-0.4, -0.2) is 25.5 Å². The molecule has 0 bridgehead atoms. The third kappa shape index (κ3) is 3.74. The van der Waals surface area contributed by atoms with E-state index in [0.29, 0.717) is 12.1 Å². The van der Waals surface area contributed by atoms with Crippen LogP contribution in [0.1, 0.15) is 28.6 Å². The summed E-state index contributed by atoms with van der Waals surface area (Å²) in [4.78, 5) is 23.2. The number of thiophene rings is 1. The third-order valence-electron chi connectivity index (χ3n) is 2.24. The molecule has 0 fully saturated rings. The Hall–Kier alpha value is -1.56. The summed E-state index contributed by atoms with van der Waals surface area (Å²) < 4.78 is 4.53. The van der Waals surface area contributed by atoms with E-state index in [1.807, 2.05) is 6.92 Å². The SMILES string of the molecule is CCc1cc(C(N)=O)c(NCCC(=O)OC)s1. The molecule has 6 heteroatoms. The molecule has 0 atom stereocenters. The zero-order valence-corrected chi connectivity index (χ0v) is 10.7. The molecule has 1 amide bonds. The van der Waals surface area contributed by atoms with Gasteiger partial charge in [-0.3, -0.25) is 9.59 Å². The van der Waals surface area contributed by atoms with Crippen LogP contribution in [-0.2, 0) is 16.0 Å². The Labute approximate surface area is 104 Å². The summed E-state index contributed by atoms with van der Waals surface area (Å²) in [5.41, 5.74) is 5.76. The molecule has 1 heterocycles.